The monoisotopic (exact) mass is 206 g/mol. The van der Waals surface area contributed by atoms with Gasteiger partial charge < -0.3 is 4.57 Å². The first-order valence-electron chi connectivity index (χ1n) is 4.91. The average molecular weight is 207 g/mol. The van der Waals surface area contributed by atoms with Crippen molar-refractivity contribution in [3.63, 3.8) is 0 Å². The minimum absolute atomic E-state index is 0.631. The van der Waals surface area contributed by atoms with Gasteiger partial charge in [0, 0.05) is 6.54 Å². The molecular weight excluding hydrogens is 196 g/mol. The molecule has 2 nitrogen and oxygen atoms in total. The van der Waals surface area contributed by atoms with E-state index in [-0.39, 0.29) is 0 Å². The van der Waals surface area contributed by atoms with Gasteiger partial charge in [0.1, 0.15) is 0 Å². The highest BCUT2D eigenvalue weighted by atomic mass is 35.5. The van der Waals surface area contributed by atoms with Crippen LogP contribution in [-0.4, -0.2) is 9.55 Å². The second kappa shape index (κ2) is 2.74. The predicted octanol–water partition coefficient (Wildman–Crippen LogP) is 2.94. The molecule has 3 rings (SSSR count). The molecule has 0 N–H and O–H groups in total. The average Bonchev–Trinajstić information content (AvgIpc) is 2.45. The summed E-state index contributed by atoms with van der Waals surface area (Å²) in [5, 5.41) is 0.631. The highest BCUT2D eigenvalue weighted by molar-refractivity contribution is 6.29. The molecule has 0 aliphatic carbocycles. The Labute approximate surface area is 87.5 Å². The van der Waals surface area contributed by atoms with Crippen LogP contribution in [0.1, 0.15) is 17.5 Å². The smallest absolute Gasteiger partial charge is 0.203 e. The van der Waals surface area contributed by atoms with Gasteiger partial charge in [-0.3, -0.25) is 0 Å². The standard InChI is InChI=1S/C11H11ClN2/c1-7-5-8-3-2-4-14-10(8)9(6-7)13-11(14)12/h5-6H,2-4H2,1H3. The minimum atomic E-state index is 0.631. The normalized spacial score (nSPS) is 15.0. The summed E-state index contributed by atoms with van der Waals surface area (Å²) in [5.74, 6) is 0. The molecular formula is C11H11ClN2. The molecule has 0 radical (unpaired) electrons. The first-order chi connectivity index (χ1) is 6.75. The zero-order valence-corrected chi connectivity index (χ0v) is 8.80. The van der Waals surface area contributed by atoms with Crippen LogP contribution in [0, 0.1) is 6.92 Å². The molecule has 72 valence electrons. The summed E-state index contributed by atoms with van der Waals surface area (Å²) in [6.45, 7) is 3.11. The molecule has 3 heteroatoms. The van der Waals surface area contributed by atoms with Gasteiger partial charge >= 0.3 is 0 Å². The lowest BCUT2D eigenvalue weighted by molar-refractivity contribution is 0.632. The molecule has 0 atom stereocenters. The Balaban J connectivity index is 2.48. The number of hydrogen-bond acceptors (Lipinski definition) is 1. The third-order valence-corrected chi connectivity index (χ3v) is 3.13. The molecule has 1 aliphatic heterocycles. The lowest BCUT2D eigenvalue weighted by Gasteiger charge is -2.15. The molecule has 2 aromatic rings. The van der Waals surface area contributed by atoms with E-state index >= 15 is 0 Å². The topological polar surface area (TPSA) is 17.8 Å². The molecule has 0 bridgehead atoms. The van der Waals surface area contributed by atoms with Crippen LogP contribution in [0.15, 0.2) is 12.1 Å². The van der Waals surface area contributed by atoms with E-state index in [1.165, 1.54) is 23.1 Å². The van der Waals surface area contributed by atoms with Crippen LogP contribution in [0.3, 0.4) is 0 Å². The Kier molecular flexibility index (Phi) is 1.62. The van der Waals surface area contributed by atoms with Crippen LogP contribution in [-0.2, 0) is 13.0 Å². The van der Waals surface area contributed by atoms with Crippen molar-refractivity contribution in [1.29, 1.82) is 0 Å². The quantitative estimate of drug-likeness (QED) is 0.648. The molecule has 0 saturated carbocycles. The van der Waals surface area contributed by atoms with E-state index in [4.69, 9.17) is 11.6 Å². The maximum absolute atomic E-state index is 6.08. The Morgan fingerprint density at radius 2 is 2.29 bits per heavy atom. The number of rotatable bonds is 0. The van der Waals surface area contributed by atoms with Gasteiger partial charge in [0.05, 0.1) is 11.0 Å². The molecule has 0 saturated heterocycles. The molecule has 0 amide bonds. The fourth-order valence-corrected chi connectivity index (χ4v) is 2.56. The molecule has 14 heavy (non-hydrogen) atoms. The molecule has 1 aromatic heterocycles. The van der Waals surface area contributed by atoms with Gasteiger partial charge in [-0.25, -0.2) is 4.98 Å². The van der Waals surface area contributed by atoms with Crippen LogP contribution in [0.25, 0.3) is 11.0 Å². The summed E-state index contributed by atoms with van der Waals surface area (Å²) in [5.41, 5.74) is 4.96. The molecule has 0 spiro atoms. The SMILES string of the molecule is Cc1cc2c3c(c1)nc(Cl)n3CCC2. The van der Waals surface area contributed by atoms with E-state index in [9.17, 15) is 0 Å². The largest absolute Gasteiger partial charge is 0.314 e. The summed E-state index contributed by atoms with van der Waals surface area (Å²) < 4.78 is 2.12. The Morgan fingerprint density at radius 1 is 1.43 bits per heavy atom. The first-order valence-corrected chi connectivity index (χ1v) is 5.29. The zero-order valence-electron chi connectivity index (χ0n) is 8.05. The van der Waals surface area contributed by atoms with Crippen molar-refractivity contribution in [3.8, 4) is 0 Å². The summed E-state index contributed by atoms with van der Waals surface area (Å²) >= 11 is 6.08. The van der Waals surface area contributed by atoms with Crippen molar-refractivity contribution >= 4 is 22.6 Å². The predicted molar refractivity (Wildman–Crippen MR) is 57.8 cm³/mol. The van der Waals surface area contributed by atoms with Crippen molar-refractivity contribution in [1.82, 2.24) is 9.55 Å². The lowest BCUT2D eigenvalue weighted by Crippen LogP contribution is -2.07. The number of halogens is 1. The Morgan fingerprint density at radius 3 is 3.14 bits per heavy atom. The third-order valence-electron chi connectivity index (χ3n) is 2.85. The van der Waals surface area contributed by atoms with Gasteiger partial charge in [0.2, 0.25) is 5.28 Å². The van der Waals surface area contributed by atoms with Crippen LogP contribution in [0.4, 0.5) is 0 Å². The number of aryl methyl sites for hydroxylation is 3. The van der Waals surface area contributed by atoms with E-state index in [1.54, 1.807) is 0 Å². The van der Waals surface area contributed by atoms with E-state index in [1.807, 2.05) is 0 Å². The first kappa shape index (κ1) is 8.30. The number of imidazole rings is 1. The summed E-state index contributed by atoms with van der Waals surface area (Å²) in [7, 11) is 0. The van der Waals surface area contributed by atoms with Gasteiger partial charge in [-0.15, -0.1) is 0 Å². The van der Waals surface area contributed by atoms with Crippen LogP contribution in [0.2, 0.25) is 5.28 Å². The van der Waals surface area contributed by atoms with Crippen molar-refractivity contribution in [3.05, 3.63) is 28.5 Å². The van der Waals surface area contributed by atoms with Gasteiger partial charge in [-0.2, -0.15) is 0 Å². The summed E-state index contributed by atoms with van der Waals surface area (Å²) in [6, 6.07) is 4.35. The fraction of sp³-hybridized carbons (Fsp3) is 0.364. The fourth-order valence-electron chi connectivity index (χ4n) is 2.30. The highest BCUT2D eigenvalue weighted by Crippen LogP contribution is 2.29. The van der Waals surface area contributed by atoms with E-state index in [2.05, 4.69) is 28.6 Å². The second-order valence-corrected chi connectivity index (χ2v) is 4.27. The van der Waals surface area contributed by atoms with Gasteiger partial charge in [-0.05, 0) is 48.6 Å². The number of aromatic nitrogens is 2. The molecule has 0 unspecified atom stereocenters. The van der Waals surface area contributed by atoms with Crippen molar-refractivity contribution < 1.29 is 0 Å². The maximum Gasteiger partial charge on any atom is 0.203 e. The number of nitrogens with zero attached hydrogens (tertiary/aromatic N) is 2. The van der Waals surface area contributed by atoms with Gasteiger partial charge in [0.25, 0.3) is 0 Å². The second-order valence-electron chi connectivity index (χ2n) is 3.93. The summed E-state index contributed by atoms with van der Waals surface area (Å²) in [4.78, 5) is 4.37. The van der Waals surface area contributed by atoms with Crippen molar-refractivity contribution in [2.75, 3.05) is 0 Å². The van der Waals surface area contributed by atoms with Crippen LogP contribution in [0.5, 0.6) is 0 Å². The Bertz CT molecular complexity index is 513. The van der Waals surface area contributed by atoms with E-state index < -0.39 is 0 Å². The van der Waals surface area contributed by atoms with Crippen molar-refractivity contribution in [2.45, 2.75) is 26.3 Å². The number of hydrogen-bond donors (Lipinski definition) is 0. The van der Waals surface area contributed by atoms with E-state index in [0.717, 1.165) is 18.5 Å². The minimum Gasteiger partial charge on any atom is -0.314 e. The molecule has 1 aliphatic rings. The molecule has 1 aromatic carbocycles. The zero-order chi connectivity index (χ0) is 9.71. The van der Waals surface area contributed by atoms with Gasteiger partial charge in [0.15, 0.2) is 0 Å². The molecule has 2 heterocycles. The Hall–Kier alpha value is -1.02. The summed E-state index contributed by atoms with van der Waals surface area (Å²) in [6.07, 6.45) is 2.32. The lowest BCUT2D eigenvalue weighted by atomic mass is 10.0. The van der Waals surface area contributed by atoms with E-state index in [0.29, 0.717) is 5.28 Å². The highest BCUT2D eigenvalue weighted by Gasteiger charge is 2.16. The molecule has 0 fully saturated rings. The number of benzene rings is 1. The van der Waals surface area contributed by atoms with Crippen molar-refractivity contribution in [2.24, 2.45) is 0 Å². The van der Waals surface area contributed by atoms with Crippen LogP contribution >= 0.6 is 11.6 Å². The third kappa shape index (κ3) is 1.01. The maximum atomic E-state index is 6.08. The van der Waals surface area contributed by atoms with Gasteiger partial charge in [-0.1, -0.05) is 6.07 Å². The van der Waals surface area contributed by atoms with Crippen LogP contribution < -0.4 is 0 Å².